The number of carboxylic acid groups (broad SMARTS) is 1. The molecule has 1 aliphatic heterocycles. The molecule has 35 heavy (non-hydrogen) atoms. The number of nitrogens with one attached hydrogen (secondary N) is 1. The Labute approximate surface area is 209 Å². The Morgan fingerprint density at radius 3 is 2.49 bits per heavy atom. The first-order valence-corrected chi connectivity index (χ1v) is 11.9. The molecule has 0 bridgehead atoms. The lowest BCUT2D eigenvalue weighted by molar-refractivity contribution is 0.0697. The zero-order valence-corrected chi connectivity index (χ0v) is 20.6. The highest BCUT2D eigenvalue weighted by atomic mass is 32.1. The normalized spacial score (nSPS) is 17.5. The van der Waals surface area contributed by atoms with Gasteiger partial charge in [0.25, 0.3) is 0 Å². The SMILES string of the molecule is Cc1cccc(N2C(=S)N[C@H](c3ccccn3)[C@@H]2c2cc(C)n(-c3ccccc3C(=O)O)c2C)c1. The Kier molecular flexibility index (Phi) is 5.86. The summed E-state index contributed by atoms with van der Waals surface area (Å²) in [7, 11) is 0. The first kappa shape index (κ1) is 22.8. The Morgan fingerprint density at radius 2 is 1.77 bits per heavy atom. The number of aromatic nitrogens is 2. The first-order chi connectivity index (χ1) is 16.9. The van der Waals surface area contributed by atoms with Crippen LogP contribution >= 0.6 is 12.2 Å². The molecule has 2 aromatic heterocycles. The highest BCUT2D eigenvalue weighted by molar-refractivity contribution is 7.80. The molecule has 4 aromatic rings. The number of anilines is 1. The van der Waals surface area contributed by atoms with Crippen molar-refractivity contribution >= 4 is 29.0 Å². The van der Waals surface area contributed by atoms with Gasteiger partial charge in [-0.05, 0) is 86.6 Å². The summed E-state index contributed by atoms with van der Waals surface area (Å²) in [6.45, 7) is 6.10. The van der Waals surface area contributed by atoms with Gasteiger partial charge in [0.05, 0.1) is 29.0 Å². The summed E-state index contributed by atoms with van der Waals surface area (Å²) in [4.78, 5) is 18.8. The molecule has 6 nitrogen and oxygen atoms in total. The predicted molar refractivity (Wildman–Crippen MR) is 141 cm³/mol. The molecule has 176 valence electrons. The second kappa shape index (κ2) is 9.00. The third kappa shape index (κ3) is 3.98. The lowest BCUT2D eigenvalue weighted by Crippen LogP contribution is -2.29. The molecule has 0 radical (unpaired) electrons. The van der Waals surface area contributed by atoms with E-state index in [1.165, 1.54) is 0 Å². The van der Waals surface area contributed by atoms with E-state index in [-0.39, 0.29) is 17.6 Å². The molecule has 5 rings (SSSR count). The van der Waals surface area contributed by atoms with E-state index in [2.05, 4.69) is 46.4 Å². The van der Waals surface area contributed by atoms with E-state index in [0.717, 1.165) is 33.9 Å². The number of carbonyl (C=O) groups is 1. The lowest BCUT2D eigenvalue weighted by atomic mass is 9.96. The van der Waals surface area contributed by atoms with Gasteiger partial charge >= 0.3 is 5.97 Å². The van der Waals surface area contributed by atoms with Crippen LogP contribution < -0.4 is 10.2 Å². The number of aryl methyl sites for hydroxylation is 2. The molecular formula is C28H26N4O2S. The van der Waals surface area contributed by atoms with Crippen LogP contribution in [0.3, 0.4) is 0 Å². The zero-order valence-electron chi connectivity index (χ0n) is 19.8. The number of pyridine rings is 1. The van der Waals surface area contributed by atoms with Gasteiger partial charge < -0.3 is 19.9 Å². The van der Waals surface area contributed by atoms with Crippen molar-refractivity contribution < 1.29 is 9.90 Å². The average Bonchev–Trinajstić information content (AvgIpc) is 3.34. The summed E-state index contributed by atoms with van der Waals surface area (Å²) in [5, 5.41) is 13.9. The smallest absolute Gasteiger partial charge is 0.337 e. The standard InChI is InChI=1S/C28H26N4O2S/c1-17-9-8-10-20(15-17)32-26(25(30-28(32)35)23-12-6-7-14-29-23)22-16-18(2)31(19(22)3)24-13-5-4-11-21(24)27(33)34/h4-16,25-26H,1-3H3,(H,30,35)(H,33,34)/t25-,26+/m1/s1. The number of carboxylic acids is 1. The average molecular weight is 483 g/mol. The van der Waals surface area contributed by atoms with Gasteiger partial charge in [-0.3, -0.25) is 4.98 Å². The Morgan fingerprint density at radius 1 is 1.00 bits per heavy atom. The maximum atomic E-state index is 12.0. The van der Waals surface area contributed by atoms with Gasteiger partial charge in [-0.1, -0.05) is 30.3 Å². The third-order valence-corrected chi connectivity index (χ3v) is 6.86. The molecule has 2 atom stereocenters. The molecule has 0 saturated carbocycles. The van der Waals surface area contributed by atoms with Crippen LogP contribution in [0.5, 0.6) is 0 Å². The van der Waals surface area contributed by atoms with Crippen molar-refractivity contribution in [2.24, 2.45) is 0 Å². The number of para-hydroxylation sites is 1. The molecule has 0 aliphatic carbocycles. The Bertz CT molecular complexity index is 1430. The number of nitrogens with zero attached hydrogens (tertiary/aromatic N) is 3. The zero-order chi connectivity index (χ0) is 24.7. The highest BCUT2D eigenvalue weighted by Crippen LogP contribution is 2.44. The van der Waals surface area contributed by atoms with Crippen molar-refractivity contribution in [1.82, 2.24) is 14.9 Å². The predicted octanol–water partition coefficient (Wildman–Crippen LogP) is 5.67. The van der Waals surface area contributed by atoms with Gasteiger partial charge in [0.2, 0.25) is 0 Å². The van der Waals surface area contributed by atoms with Crippen LogP contribution in [0.25, 0.3) is 5.69 Å². The summed E-state index contributed by atoms with van der Waals surface area (Å²) in [5.74, 6) is -0.953. The minimum Gasteiger partial charge on any atom is -0.478 e. The van der Waals surface area contributed by atoms with Gasteiger partial charge in [-0.15, -0.1) is 0 Å². The summed E-state index contributed by atoms with van der Waals surface area (Å²) >= 11 is 5.85. The van der Waals surface area contributed by atoms with Crippen LogP contribution in [0.15, 0.2) is 79.0 Å². The molecule has 0 unspecified atom stereocenters. The second-order valence-corrected chi connectivity index (χ2v) is 9.21. The number of benzene rings is 2. The van der Waals surface area contributed by atoms with Crippen LogP contribution in [0.4, 0.5) is 5.69 Å². The second-order valence-electron chi connectivity index (χ2n) is 8.82. The summed E-state index contributed by atoms with van der Waals surface area (Å²) < 4.78 is 2.02. The molecule has 0 amide bonds. The molecule has 7 heteroatoms. The van der Waals surface area contributed by atoms with Crippen molar-refractivity contribution in [1.29, 1.82) is 0 Å². The monoisotopic (exact) mass is 482 g/mol. The van der Waals surface area contributed by atoms with Gasteiger partial charge in [0, 0.05) is 23.3 Å². The maximum absolute atomic E-state index is 12.0. The van der Waals surface area contributed by atoms with E-state index < -0.39 is 5.97 Å². The number of aromatic carboxylic acids is 1. The number of hydrogen-bond acceptors (Lipinski definition) is 3. The summed E-state index contributed by atoms with van der Waals surface area (Å²) in [5.41, 5.74) is 6.93. The topological polar surface area (TPSA) is 70.4 Å². The maximum Gasteiger partial charge on any atom is 0.337 e. The molecule has 2 aromatic carbocycles. The molecule has 2 N–H and O–H groups in total. The van der Waals surface area contributed by atoms with E-state index in [1.807, 2.05) is 54.8 Å². The molecular weight excluding hydrogens is 456 g/mol. The fourth-order valence-corrected chi connectivity index (χ4v) is 5.38. The third-order valence-electron chi connectivity index (χ3n) is 6.54. The van der Waals surface area contributed by atoms with Gasteiger partial charge in [-0.25, -0.2) is 4.79 Å². The lowest BCUT2D eigenvalue weighted by Gasteiger charge is -2.28. The summed E-state index contributed by atoms with van der Waals surface area (Å²) in [6.07, 6.45) is 1.79. The van der Waals surface area contributed by atoms with Gasteiger partial charge in [0.15, 0.2) is 5.11 Å². The quantitative estimate of drug-likeness (QED) is 0.357. The number of rotatable bonds is 5. The van der Waals surface area contributed by atoms with Gasteiger partial charge in [-0.2, -0.15) is 0 Å². The molecule has 1 fully saturated rings. The fraction of sp³-hybridized carbons (Fsp3) is 0.179. The first-order valence-electron chi connectivity index (χ1n) is 11.5. The fourth-order valence-electron chi connectivity index (χ4n) is 5.03. The van der Waals surface area contributed by atoms with Crippen molar-refractivity contribution in [3.8, 4) is 5.69 Å². The summed E-state index contributed by atoms with van der Waals surface area (Å²) in [6, 6.07) is 23.1. The van der Waals surface area contributed by atoms with Gasteiger partial charge in [0.1, 0.15) is 0 Å². The van der Waals surface area contributed by atoms with Crippen LogP contribution in [0, 0.1) is 20.8 Å². The minimum atomic E-state index is -0.953. The number of hydrogen-bond donors (Lipinski definition) is 2. The van der Waals surface area contributed by atoms with E-state index >= 15 is 0 Å². The van der Waals surface area contributed by atoms with Crippen molar-refractivity contribution in [3.63, 3.8) is 0 Å². The van der Waals surface area contributed by atoms with E-state index in [4.69, 9.17) is 12.2 Å². The van der Waals surface area contributed by atoms with Crippen LogP contribution in [-0.4, -0.2) is 25.7 Å². The Hall–Kier alpha value is -3.97. The van der Waals surface area contributed by atoms with Crippen molar-refractivity contribution in [3.05, 3.63) is 113 Å². The molecule has 1 saturated heterocycles. The van der Waals surface area contributed by atoms with Crippen molar-refractivity contribution in [2.45, 2.75) is 32.9 Å². The van der Waals surface area contributed by atoms with Crippen molar-refractivity contribution in [2.75, 3.05) is 4.90 Å². The molecule has 3 heterocycles. The van der Waals surface area contributed by atoms with Crippen LogP contribution in [-0.2, 0) is 0 Å². The molecule has 1 aliphatic rings. The number of thiocarbonyl (C=S) groups is 1. The van der Waals surface area contributed by atoms with Crippen LogP contribution in [0.2, 0.25) is 0 Å². The Balaban J connectivity index is 1.71. The minimum absolute atomic E-state index is 0.170. The highest BCUT2D eigenvalue weighted by Gasteiger charge is 2.42. The van der Waals surface area contributed by atoms with Crippen LogP contribution in [0.1, 0.15) is 50.7 Å². The van der Waals surface area contributed by atoms with E-state index in [0.29, 0.717) is 10.8 Å². The molecule has 0 spiro atoms. The largest absolute Gasteiger partial charge is 0.478 e. The van der Waals surface area contributed by atoms with E-state index in [1.54, 1.807) is 18.3 Å². The van der Waals surface area contributed by atoms with E-state index in [9.17, 15) is 9.90 Å².